The Hall–Kier alpha value is -1.63. The molecule has 2 aromatic carbocycles. The molecular formula is C21H26O2P-. The average Bonchev–Trinajstić information content (AvgIpc) is 2.48. The van der Waals surface area contributed by atoms with Gasteiger partial charge in [-0.2, -0.15) is 0 Å². The number of aryl methyl sites for hydroxylation is 4. The molecule has 2 rings (SSSR count). The molecule has 0 saturated carbocycles. The highest BCUT2D eigenvalue weighted by Crippen LogP contribution is 2.21. The van der Waals surface area contributed by atoms with Crippen LogP contribution in [0.4, 0.5) is 0 Å². The van der Waals surface area contributed by atoms with Crippen LogP contribution < -0.4 is 15.1 Å². The van der Waals surface area contributed by atoms with E-state index in [-0.39, 0.29) is 11.6 Å². The smallest absolute Gasteiger partial charge is 0.120 e. The lowest BCUT2D eigenvalue weighted by Crippen LogP contribution is -2.21. The summed E-state index contributed by atoms with van der Waals surface area (Å²) in [5.41, 5.74) is 5.40. The topological polar surface area (TPSA) is 32.3 Å². The Labute approximate surface area is 147 Å². The van der Waals surface area contributed by atoms with Gasteiger partial charge >= 0.3 is 0 Å². The Kier molecular flexibility index (Phi) is 6.21. The Bertz CT molecular complexity index is 739. The maximum absolute atomic E-state index is 12.8. The summed E-state index contributed by atoms with van der Waals surface area (Å²) in [5, 5.41) is 13.8. The van der Waals surface area contributed by atoms with Gasteiger partial charge in [-0.1, -0.05) is 32.8 Å². The van der Waals surface area contributed by atoms with E-state index in [1.165, 1.54) is 5.56 Å². The molecule has 2 nitrogen and oxygen atoms in total. The average molecular weight is 341 g/mol. The zero-order valence-corrected chi connectivity index (χ0v) is 16.3. The summed E-state index contributed by atoms with van der Waals surface area (Å²) < 4.78 is 5.85. The molecular weight excluding hydrogens is 315 g/mol. The van der Waals surface area contributed by atoms with Crippen LogP contribution in [-0.4, -0.2) is 11.6 Å². The van der Waals surface area contributed by atoms with E-state index in [0.717, 1.165) is 47.9 Å². The summed E-state index contributed by atoms with van der Waals surface area (Å²) in [6, 6.07) is 10.1. The van der Waals surface area contributed by atoms with Crippen molar-refractivity contribution in [1.29, 1.82) is 0 Å². The molecule has 3 heteroatoms. The van der Waals surface area contributed by atoms with Gasteiger partial charge in [-0.3, -0.25) is 0 Å². The first-order valence-electron chi connectivity index (χ1n) is 8.43. The van der Waals surface area contributed by atoms with Crippen molar-refractivity contribution < 1.29 is 9.84 Å². The van der Waals surface area contributed by atoms with Crippen LogP contribution >= 0.6 is 8.20 Å². The minimum Gasteiger partial charge on any atom is -0.823 e. The first-order valence-corrected chi connectivity index (χ1v) is 9.32. The second-order valence-corrected chi connectivity index (χ2v) is 7.59. The molecule has 0 heterocycles. The van der Waals surface area contributed by atoms with Gasteiger partial charge in [-0.15, -0.1) is 5.48 Å². The van der Waals surface area contributed by atoms with E-state index >= 15 is 0 Å². The van der Waals surface area contributed by atoms with Crippen LogP contribution in [0, 0.1) is 27.7 Å². The summed E-state index contributed by atoms with van der Waals surface area (Å²) in [4.78, 5) is 0. The van der Waals surface area contributed by atoms with Crippen LogP contribution in [0.1, 0.15) is 48.1 Å². The van der Waals surface area contributed by atoms with Gasteiger partial charge in [-0.25, -0.2) is 0 Å². The fraction of sp³-hybridized carbons (Fsp3) is 0.381. The Balaban J connectivity index is 2.34. The molecule has 24 heavy (non-hydrogen) atoms. The van der Waals surface area contributed by atoms with Crippen LogP contribution in [0.3, 0.4) is 0 Å². The van der Waals surface area contributed by atoms with Gasteiger partial charge in [0.2, 0.25) is 0 Å². The molecule has 0 saturated heterocycles. The summed E-state index contributed by atoms with van der Waals surface area (Å²) in [6.45, 7) is 12.3. The van der Waals surface area contributed by atoms with Gasteiger partial charge in [0.25, 0.3) is 0 Å². The van der Waals surface area contributed by atoms with E-state index in [4.69, 9.17) is 4.74 Å². The van der Waals surface area contributed by atoms with Crippen molar-refractivity contribution in [2.24, 2.45) is 0 Å². The second kappa shape index (κ2) is 7.96. The van der Waals surface area contributed by atoms with Crippen molar-refractivity contribution in [3.63, 3.8) is 0 Å². The molecule has 0 amide bonds. The number of hydrogen-bond acceptors (Lipinski definition) is 2. The minimum absolute atomic E-state index is 0.156. The largest absolute Gasteiger partial charge is 0.823 e. The number of hydrogen-bond donors (Lipinski definition) is 0. The van der Waals surface area contributed by atoms with Crippen molar-refractivity contribution in [2.45, 2.75) is 54.1 Å². The summed E-state index contributed by atoms with van der Waals surface area (Å²) in [7, 11) is 0.719. The molecule has 2 aromatic rings. The molecule has 0 aliphatic rings. The second-order valence-electron chi connectivity index (χ2n) is 6.48. The molecule has 0 bridgehead atoms. The van der Waals surface area contributed by atoms with E-state index < -0.39 is 0 Å². The molecule has 0 radical (unpaired) electrons. The van der Waals surface area contributed by atoms with Crippen molar-refractivity contribution >= 4 is 19.0 Å². The van der Waals surface area contributed by atoms with E-state index in [1.807, 2.05) is 39.0 Å². The maximum Gasteiger partial charge on any atom is 0.120 e. The normalized spacial score (nSPS) is 13.0. The van der Waals surface area contributed by atoms with Gasteiger partial charge in [0.1, 0.15) is 5.75 Å². The monoisotopic (exact) mass is 341 g/mol. The minimum atomic E-state index is 0.156. The highest BCUT2D eigenvalue weighted by molar-refractivity contribution is 7.49. The summed E-state index contributed by atoms with van der Waals surface area (Å²) in [5.74, 6) is 0.871. The summed E-state index contributed by atoms with van der Waals surface area (Å²) in [6.07, 6.45) is 1.18. The van der Waals surface area contributed by atoms with E-state index in [1.54, 1.807) is 0 Å². The fourth-order valence-electron chi connectivity index (χ4n) is 2.83. The fourth-order valence-corrected chi connectivity index (χ4v) is 3.90. The highest BCUT2D eigenvalue weighted by atomic mass is 31.1. The lowest BCUT2D eigenvalue weighted by atomic mass is 10.0. The van der Waals surface area contributed by atoms with Crippen LogP contribution in [0.5, 0.6) is 5.75 Å². The van der Waals surface area contributed by atoms with E-state index in [9.17, 15) is 5.11 Å². The first kappa shape index (κ1) is 18.7. The molecule has 0 N–H and O–H groups in total. The molecule has 128 valence electrons. The Morgan fingerprint density at radius 2 is 1.67 bits per heavy atom. The lowest BCUT2D eigenvalue weighted by Gasteiger charge is -2.19. The van der Waals surface area contributed by atoms with Crippen LogP contribution in [0.25, 0.3) is 0 Å². The maximum atomic E-state index is 12.8. The van der Waals surface area contributed by atoms with Gasteiger partial charge in [0.05, 0.1) is 6.10 Å². The van der Waals surface area contributed by atoms with Gasteiger partial charge in [-0.05, 0) is 81.5 Å². The first-order chi connectivity index (χ1) is 11.3. The predicted octanol–water partition coefficient (Wildman–Crippen LogP) is 4.21. The highest BCUT2D eigenvalue weighted by Gasteiger charge is 2.06. The molecule has 0 fully saturated rings. The lowest BCUT2D eigenvalue weighted by molar-refractivity contribution is -0.207. The van der Waals surface area contributed by atoms with Gasteiger partial charge in [0.15, 0.2) is 0 Å². The summed E-state index contributed by atoms with van der Waals surface area (Å²) >= 11 is 0. The number of benzene rings is 2. The molecule has 0 aromatic heterocycles. The van der Waals surface area contributed by atoms with Crippen molar-refractivity contribution in [2.75, 3.05) is 0 Å². The molecule has 1 unspecified atom stereocenters. The molecule has 0 spiro atoms. The number of ether oxygens (including phenoxy) is 1. The van der Waals surface area contributed by atoms with E-state index in [0.29, 0.717) is 0 Å². The van der Waals surface area contributed by atoms with Crippen molar-refractivity contribution in [3.8, 4) is 5.75 Å². The quantitative estimate of drug-likeness (QED) is 0.763. The van der Waals surface area contributed by atoms with Crippen LogP contribution in [0.15, 0.2) is 30.3 Å². The molecule has 0 aliphatic heterocycles. The third kappa shape index (κ3) is 4.47. The van der Waals surface area contributed by atoms with Crippen LogP contribution in [-0.2, 0) is 0 Å². The zero-order valence-electron chi connectivity index (χ0n) is 15.4. The predicted molar refractivity (Wildman–Crippen MR) is 103 cm³/mol. The Morgan fingerprint density at radius 3 is 2.21 bits per heavy atom. The third-order valence-electron chi connectivity index (χ3n) is 4.19. The van der Waals surface area contributed by atoms with E-state index in [2.05, 4.69) is 32.9 Å². The molecule has 0 aliphatic carbocycles. The Morgan fingerprint density at radius 1 is 1.04 bits per heavy atom. The van der Waals surface area contributed by atoms with Gasteiger partial charge < -0.3 is 9.84 Å². The standard InChI is InChI=1S/C21H27O2P/c1-7-17(6)23-18-8-9-19(14(3)12-18)24-21(22)20-15(4)10-13(2)11-16(20)5/h8-12,17,22H,7H2,1-6H3/p-1. The molecule has 1 atom stereocenters. The third-order valence-corrected chi connectivity index (χ3v) is 5.36. The zero-order chi connectivity index (χ0) is 17.9. The van der Waals surface area contributed by atoms with Crippen molar-refractivity contribution in [1.82, 2.24) is 0 Å². The van der Waals surface area contributed by atoms with Crippen molar-refractivity contribution in [3.05, 3.63) is 58.1 Å². The van der Waals surface area contributed by atoms with Gasteiger partial charge in [0, 0.05) is 5.30 Å². The SMILES string of the molecule is CCC(C)Oc1ccc(P=C([O-])c2c(C)cc(C)cc2C)c(C)c1. The van der Waals surface area contributed by atoms with Crippen LogP contribution in [0.2, 0.25) is 0 Å². The number of rotatable bonds is 5.